The number of carbonyl (C=O) groups excluding carboxylic acids is 2. The number of halogens is 1. The summed E-state index contributed by atoms with van der Waals surface area (Å²) < 4.78 is 4.89. The lowest BCUT2D eigenvalue weighted by atomic mass is 10.2. The second-order valence-corrected chi connectivity index (χ2v) is 6.53. The van der Waals surface area contributed by atoms with Gasteiger partial charge in [-0.25, -0.2) is 9.78 Å². The highest BCUT2D eigenvalue weighted by atomic mass is 35.5. The quantitative estimate of drug-likeness (QED) is 0.350. The molecule has 1 amide bonds. The first-order chi connectivity index (χ1) is 11.4. The maximum Gasteiger partial charge on any atom is 0.345 e. The van der Waals surface area contributed by atoms with E-state index < -0.39 is 23.4 Å². The minimum absolute atomic E-state index is 0.0464. The summed E-state index contributed by atoms with van der Waals surface area (Å²) in [4.78, 5) is 38.1. The van der Waals surface area contributed by atoms with E-state index in [1.807, 2.05) is 6.26 Å². The Kier molecular flexibility index (Phi) is 6.12. The van der Waals surface area contributed by atoms with Gasteiger partial charge in [-0.15, -0.1) is 11.8 Å². The van der Waals surface area contributed by atoms with Gasteiger partial charge in [0.15, 0.2) is 11.7 Å². The molecule has 0 bridgehead atoms. The summed E-state index contributed by atoms with van der Waals surface area (Å²) in [6.45, 7) is -0.563. The van der Waals surface area contributed by atoms with Gasteiger partial charge in [-0.1, -0.05) is 11.6 Å². The SMILES string of the molecule is CSc1ccc(Cl)c(C(=O)OCC(=O)Nc2ncc([N+](=O)[O-])s2)c1. The van der Waals surface area contributed by atoms with Crippen molar-refractivity contribution >= 4 is 56.7 Å². The van der Waals surface area contributed by atoms with Crippen molar-refractivity contribution in [1.82, 2.24) is 4.98 Å². The van der Waals surface area contributed by atoms with Crippen LogP contribution in [-0.4, -0.2) is 34.6 Å². The second kappa shape index (κ2) is 8.08. The van der Waals surface area contributed by atoms with Gasteiger partial charge in [-0.2, -0.15) is 0 Å². The molecular weight excluding hydrogens is 378 g/mol. The summed E-state index contributed by atoms with van der Waals surface area (Å²) in [7, 11) is 0. The molecule has 1 aromatic carbocycles. The number of carbonyl (C=O) groups is 2. The van der Waals surface area contributed by atoms with Gasteiger partial charge in [0.05, 0.1) is 15.5 Å². The van der Waals surface area contributed by atoms with Gasteiger partial charge in [0, 0.05) is 4.90 Å². The highest BCUT2D eigenvalue weighted by Crippen LogP contribution is 2.25. The highest BCUT2D eigenvalue weighted by molar-refractivity contribution is 7.98. The molecule has 11 heteroatoms. The van der Waals surface area contributed by atoms with Crippen LogP contribution in [-0.2, 0) is 9.53 Å². The molecule has 0 saturated heterocycles. The maximum absolute atomic E-state index is 12.0. The summed E-state index contributed by atoms with van der Waals surface area (Å²) >= 11 is 8.08. The zero-order chi connectivity index (χ0) is 17.7. The fourth-order valence-electron chi connectivity index (χ4n) is 1.56. The molecule has 1 heterocycles. The lowest BCUT2D eigenvalue weighted by molar-refractivity contribution is -0.380. The molecule has 0 aliphatic carbocycles. The third-order valence-electron chi connectivity index (χ3n) is 2.65. The first kappa shape index (κ1) is 18.2. The summed E-state index contributed by atoms with van der Waals surface area (Å²) in [6.07, 6.45) is 2.87. The van der Waals surface area contributed by atoms with E-state index in [0.29, 0.717) is 11.3 Å². The number of nitro groups is 1. The van der Waals surface area contributed by atoms with Crippen molar-refractivity contribution in [2.45, 2.75) is 4.90 Å². The van der Waals surface area contributed by atoms with Gasteiger partial charge in [-0.05, 0) is 35.8 Å². The zero-order valence-electron chi connectivity index (χ0n) is 12.1. The minimum atomic E-state index is -0.740. The van der Waals surface area contributed by atoms with E-state index in [-0.39, 0.29) is 20.7 Å². The molecule has 0 atom stereocenters. The Morgan fingerprint density at radius 1 is 1.50 bits per heavy atom. The van der Waals surface area contributed by atoms with E-state index in [2.05, 4.69) is 10.3 Å². The predicted molar refractivity (Wildman–Crippen MR) is 90.9 cm³/mol. The van der Waals surface area contributed by atoms with E-state index in [0.717, 1.165) is 11.1 Å². The van der Waals surface area contributed by atoms with Crippen LogP contribution in [0, 0.1) is 10.1 Å². The van der Waals surface area contributed by atoms with Crippen molar-refractivity contribution in [3.63, 3.8) is 0 Å². The number of thioether (sulfide) groups is 1. The van der Waals surface area contributed by atoms with Crippen molar-refractivity contribution < 1.29 is 19.2 Å². The highest BCUT2D eigenvalue weighted by Gasteiger charge is 2.17. The first-order valence-corrected chi connectivity index (χ1v) is 8.73. The number of rotatable bonds is 6. The smallest absolute Gasteiger partial charge is 0.345 e. The van der Waals surface area contributed by atoms with Crippen molar-refractivity contribution in [3.05, 3.63) is 45.1 Å². The molecular formula is C13H10ClN3O5S2. The normalized spacial score (nSPS) is 10.2. The number of benzene rings is 1. The molecule has 2 aromatic rings. The molecule has 0 unspecified atom stereocenters. The molecule has 1 N–H and O–H groups in total. The lowest BCUT2D eigenvalue weighted by Gasteiger charge is -2.07. The van der Waals surface area contributed by atoms with E-state index in [9.17, 15) is 19.7 Å². The topological polar surface area (TPSA) is 111 Å². The number of amides is 1. The zero-order valence-corrected chi connectivity index (χ0v) is 14.5. The Morgan fingerprint density at radius 3 is 2.88 bits per heavy atom. The van der Waals surface area contributed by atoms with Gasteiger partial charge < -0.3 is 4.74 Å². The summed E-state index contributed by atoms with van der Waals surface area (Å²) in [5.74, 6) is -1.40. The molecule has 0 aliphatic heterocycles. The van der Waals surface area contributed by atoms with Crippen LogP contribution in [0.25, 0.3) is 0 Å². The van der Waals surface area contributed by atoms with Gasteiger partial charge in [0.25, 0.3) is 5.91 Å². The number of hydrogen-bond donors (Lipinski definition) is 1. The van der Waals surface area contributed by atoms with Crippen LogP contribution < -0.4 is 5.32 Å². The standard InChI is InChI=1S/C13H10ClN3O5S2/c1-23-7-2-3-9(14)8(4-7)12(19)22-6-10(18)16-13-15-5-11(24-13)17(20)21/h2-5H,6H2,1H3,(H,15,16,18). The number of nitrogens with one attached hydrogen (secondary N) is 1. The predicted octanol–water partition coefficient (Wildman–Crippen LogP) is 3.22. The van der Waals surface area contributed by atoms with Crippen LogP contribution in [0.5, 0.6) is 0 Å². The van der Waals surface area contributed by atoms with Crippen LogP contribution in [0.2, 0.25) is 5.02 Å². The first-order valence-electron chi connectivity index (χ1n) is 6.31. The number of thiazole rings is 1. The van der Waals surface area contributed by atoms with Crippen LogP contribution in [0.3, 0.4) is 0 Å². The largest absolute Gasteiger partial charge is 0.452 e. The molecule has 0 aliphatic rings. The molecule has 2 rings (SSSR count). The number of ether oxygens (including phenoxy) is 1. The number of anilines is 1. The van der Waals surface area contributed by atoms with E-state index in [1.165, 1.54) is 11.8 Å². The van der Waals surface area contributed by atoms with E-state index >= 15 is 0 Å². The molecule has 24 heavy (non-hydrogen) atoms. The third kappa shape index (κ3) is 4.66. The monoisotopic (exact) mass is 387 g/mol. The number of aromatic nitrogens is 1. The Labute approximate surface area is 149 Å². The van der Waals surface area contributed by atoms with Crippen molar-refractivity contribution in [2.24, 2.45) is 0 Å². The number of esters is 1. The summed E-state index contributed by atoms with van der Waals surface area (Å²) in [5.41, 5.74) is 0.154. The molecule has 0 fully saturated rings. The Hall–Kier alpha value is -2.17. The average molecular weight is 388 g/mol. The second-order valence-electron chi connectivity index (χ2n) is 4.23. The molecule has 0 saturated carbocycles. The molecule has 0 radical (unpaired) electrons. The van der Waals surface area contributed by atoms with Gasteiger partial charge in [0.2, 0.25) is 0 Å². The summed E-state index contributed by atoms with van der Waals surface area (Å²) in [6, 6.07) is 4.89. The molecule has 8 nitrogen and oxygen atoms in total. The molecule has 1 aromatic heterocycles. The summed E-state index contributed by atoms with van der Waals surface area (Å²) in [5, 5.41) is 12.9. The minimum Gasteiger partial charge on any atom is -0.452 e. The lowest BCUT2D eigenvalue weighted by Crippen LogP contribution is -2.21. The van der Waals surface area contributed by atoms with Crippen LogP contribution in [0.1, 0.15) is 10.4 Å². The van der Waals surface area contributed by atoms with Crippen LogP contribution in [0.4, 0.5) is 10.1 Å². The van der Waals surface area contributed by atoms with E-state index in [4.69, 9.17) is 16.3 Å². The molecule has 126 valence electrons. The third-order valence-corrected chi connectivity index (χ3v) is 4.57. The van der Waals surface area contributed by atoms with Crippen molar-refractivity contribution in [3.8, 4) is 0 Å². The Balaban J connectivity index is 1.93. The molecule has 0 spiro atoms. The van der Waals surface area contributed by atoms with Crippen molar-refractivity contribution in [1.29, 1.82) is 0 Å². The van der Waals surface area contributed by atoms with Crippen molar-refractivity contribution in [2.75, 3.05) is 18.2 Å². The van der Waals surface area contributed by atoms with Gasteiger partial charge in [-0.3, -0.25) is 20.2 Å². The van der Waals surface area contributed by atoms with Gasteiger partial charge in [0.1, 0.15) is 6.20 Å². The Morgan fingerprint density at radius 2 is 2.25 bits per heavy atom. The number of hydrogen-bond acceptors (Lipinski definition) is 8. The van der Waals surface area contributed by atoms with E-state index in [1.54, 1.807) is 18.2 Å². The van der Waals surface area contributed by atoms with Crippen LogP contribution in [0.15, 0.2) is 29.3 Å². The van der Waals surface area contributed by atoms with Gasteiger partial charge >= 0.3 is 11.0 Å². The number of nitrogens with zero attached hydrogens (tertiary/aromatic N) is 2. The maximum atomic E-state index is 12.0. The average Bonchev–Trinajstić information content (AvgIpc) is 3.02. The Bertz CT molecular complexity index is 796. The fourth-order valence-corrected chi connectivity index (χ4v) is 2.84. The van der Waals surface area contributed by atoms with Crippen LogP contribution >= 0.6 is 34.7 Å². The fraction of sp³-hybridized carbons (Fsp3) is 0.154.